The molecule has 2 aromatic carbocycles. The van der Waals surface area contributed by atoms with Gasteiger partial charge in [-0.1, -0.05) is 0 Å². The van der Waals surface area contributed by atoms with E-state index in [9.17, 15) is 30.4 Å². The summed E-state index contributed by atoms with van der Waals surface area (Å²) < 4.78 is 94.1. The molecule has 0 radical (unpaired) electrons. The molecule has 11 heteroatoms. The summed E-state index contributed by atoms with van der Waals surface area (Å²) in [7, 11) is -4.08. The van der Waals surface area contributed by atoms with E-state index in [1.807, 2.05) is 0 Å². The van der Waals surface area contributed by atoms with E-state index in [-0.39, 0.29) is 16.8 Å². The number of rotatable bonds is 5. The lowest BCUT2D eigenvalue weighted by atomic mass is 10.2. The summed E-state index contributed by atoms with van der Waals surface area (Å²) in [5.41, 5.74) is -0.899. The molecule has 0 aliphatic rings. The monoisotopic (exact) mass is 403 g/mol. The van der Waals surface area contributed by atoms with Crippen molar-refractivity contribution in [2.75, 3.05) is 4.72 Å². The number of sulfonamides is 1. The molecule has 3 aromatic rings. The van der Waals surface area contributed by atoms with Gasteiger partial charge in [0.2, 0.25) is 0 Å². The minimum atomic E-state index is -4.08. The van der Waals surface area contributed by atoms with Gasteiger partial charge in [0.1, 0.15) is 5.82 Å². The molecule has 1 aromatic heterocycles. The number of benzene rings is 2. The average Bonchev–Trinajstić information content (AvgIpc) is 3.03. The third-order valence-corrected chi connectivity index (χ3v) is 4.90. The number of nitrogens with zero attached hydrogens (tertiary/aromatic N) is 2. The molecule has 0 fully saturated rings. The van der Waals surface area contributed by atoms with Gasteiger partial charge in [0, 0.05) is 18.3 Å². The molecule has 3 rings (SSSR count). The Morgan fingerprint density at radius 1 is 0.926 bits per heavy atom. The van der Waals surface area contributed by atoms with Crippen molar-refractivity contribution in [3.05, 3.63) is 77.2 Å². The fraction of sp³-hybridized carbons (Fsp3) is 0.0625. The van der Waals surface area contributed by atoms with Crippen LogP contribution >= 0.6 is 0 Å². The number of nitrogens with one attached hydrogen (secondary N) is 1. The summed E-state index contributed by atoms with van der Waals surface area (Å²) in [4.78, 5) is -0.234. The van der Waals surface area contributed by atoms with Crippen LogP contribution in [0.3, 0.4) is 0 Å². The van der Waals surface area contributed by atoms with Crippen LogP contribution in [0, 0.1) is 29.1 Å². The SMILES string of the molecule is O=S(=O)(Nc1ccn(Cc2c(F)c(F)cc(F)c2F)n1)c1ccc(F)cc1. The topological polar surface area (TPSA) is 64.0 Å². The molecule has 0 atom stereocenters. The fourth-order valence-electron chi connectivity index (χ4n) is 2.24. The standard InChI is InChI=1S/C16H10F5N3O2S/c17-9-1-3-10(4-2-9)27(25,26)23-14-5-6-24(22-14)8-11-15(20)12(18)7-13(19)16(11)21/h1-7H,8H2,(H,22,23). The molecule has 0 saturated carbocycles. The third kappa shape index (κ3) is 3.92. The highest BCUT2D eigenvalue weighted by molar-refractivity contribution is 7.92. The minimum Gasteiger partial charge on any atom is -0.266 e. The molecule has 0 aliphatic carbocycles. The molecule has 1 heterocycles. The van der Waals surface area contributed by atoms with Gasteiger partial charge >= 0.3 is 0 Å². The molecule has 0 spiro atoms. The summed E-state index contributed by atoms with van der Waals surface area (Å²) >= 11 is 0. The second-order valence-electron chi connectivity index (χ2n) is 5.40. The van der Waals surface area contributed by atoms with Crippen LogP contribution in [0.4, 0.5) is 27.8 Å². The minimum absolute atomic E-state index is 0.0828. The van der Waals surface area contributed by atoms with Crippen molar-refractivity contribution in [2.24, 2.45) is 0 Å². The Morgan fingerprint density at radius 3 is 2.11 bits per heavy atom. The Hall–Kier alpha value is -2.95. The van der Waals surface area contributed by atoms with E-state index in [2.05, 4.69) is 9.82 Å². The first kappa shape index (κ1) is 18.8. The van der Waals surface area contributed by atoms with Crippen molar-refractivity contribution in [3.8, 4) is 0 Å². The Balaban J connectivity index is 1.83. The molecular formula is C16H10F5N3O2S. The Kier molecular flexibility index (Phi) is 4.87. The van der Waals surface area contributed by atoms with Gasteiger partial charge in [0.25, 0.3) is 10.0 Å². The van der Waals surface area contributed by atoms with Crippen molar-refractivity contribution in [2.45, 2.75) is 11.4 Å². The van der Waals surface area contributed by atoms with Crippen LogP contribution in [0.25, 0.3) is 0 Å². The van der Waals surface area contributed by atoms with E-state index < -0.39 is 51.2 Å². The van der Waals surface area contributed by atoms with Gasteiger partial charge < -0.3 is 0 Å². The predicted molar refractivity (Wildman–Crippen MR) is 84.8 cm³/mol. The van der Waals surface area contributed by atoms with Crippen LogP contribution in [-0.4, -0.2) is 18.2 Å². The number of hydrogen-bond acceptors (Lipinski definition) is 3. The van der Waals surface area contributed by atoms with Gasteiger partial charge in [0.05, 0.1) is 17.0 Å². The highest BCUT2D eigenvalue weighted by atomic mass is 32.2. The van der Waals surface area contributed by atoms with E-state index in [0.717, 1.165) is 35.1 Å². The van der Waals surface area contributed by atoms with Crippen molar-refractivity contribution >= 4 is 15.8 Å². The zero-order valence-electron chi connectivity index (χ0n) is 13.3. The average molecular weight is 403 g/mol. The van der Waals surface area contributed by atoms with Gasteiger partial charge in [-0.25, -0.2) is 30.4 Å². The molecule has 142 valence electrons. The van der Waals surface area contributed by atoms with Gasteiger partial charge in [-0.15, -0.1) is 0 Å². The van der Waals surface area contributed by atoms with Crippen LogP contribution in [0.15, 0.2) is 47.5 Å². The molecule has 27 heavy (non-hydrogen) atoms. The van der Waals surface area contributed by atoms with E-state index in [0.29, 0.717) is 0 Å². The number of halogens is 5. The second kappa shape index (κ2) is 6.99. The normalized spacial score (nSPS) is 11.6. The highest BCUT2D eigenvalue weighted by Gasteiger charge is 2.20. The smallest absolute Gasteiger partial charge is 0.263 e. The maximum Gasteiger partial charge on any atom is 0.263 e. The van der Waals surface area contributed by atoms with Crippen molar-refractivity contribution in [3.63, 3.8) is 0 Å². The second-order valence-corrected chi connectivity index (χ2v) is 7.09. The molecular weight excluding hydrogens is 393 g/mol. The third-order valence-electron chi connectivity index (χ3n) is 3.53. The molecule has 5 nitrogen and oxygen atoms in total. The van der Waals surface area contributed by atoms with E-state index in [4.69, 9.17) is 0 Å². The van der Waals surface area contributed by atoms with Crippen molar-refractivity contribution in [1.29, 1.82) is 0 Å². The molecule has 0 unspecified atom stereocenters. The van der Waals surface area contributed by atoms with Crippen molar-refractivity contribution in [1.82, 2.24) is 9.78 Å². The fourth-order valence-corrected chi connectivity index (χ4v) is 3.23. The summed E-state index contributed by atoms with van der Waals surface area (Å²) in [5.74, 6) is -7.10. The van der Waals surface area contributed by atoms with E-state index >= 15 is 0 Å². The summed E-state index contributed by atoms with van der Waals surface area (Å²) in [6.07, 6.45) is 1.16. The van der Waals surface area contributed by atoms with E-state index in [1.54, 1.807) is 0 Å². The maximum atomic E-state index is 13.7. The van der Waals surface area contributed by atoms with Gasteiger partial charge in [0.15, 0.2) is 29.1 Å². The van der Waals surface area contributed by atoms with Gasteiger partial charge in [-0.3, -0.25) is 9.40 Å². The lowest BCUT2D eigenvalue weighted by Gasteiger charge is -2.08. The summed E-state index contributed by atoms with van der Waals surface area (Å²) in [6.45, 7) is -0.676. The molecule has 0 aliphatic heterocycles. The quantitative estimate of drug-likeness (QED) is 0.525. The van der Waals surface area contributed by atoms with Gasteiger partial charge in [-0.05, 0) is 24.3 Å². The summed E-state index contributed by atoms with van der Waals surface area (Å²) in [6, 6.07) is 5.24. The first-order chi connectivity index (χ1) is 12.7. The molecule has 0 bridgehead atoms. The Labute approximate surface area is 150 Å². The first-order valence-electron chi connectivity index (χ1n) is 7.31. The number of aromatic nitrogens is 2. The number of hydrogen-bond donors (Lipinski definition) is 1. The Bertz CT molecular complexity index is 1070. The highest BCUT2D eigenvalue weighted by Crippen LogP contribution is 2.21. The lowest BCUT2D eigenvalue weighted by molar-refractivity contribution is 0.431. The largest absolute Gasteiger partial charge is 0.266 e. The summed E-state index contributed by atoms with van der Waals surface area (Å²) in [5, 5.41) is 3.75. The zero-order chi connectivity index (χ0) is 19.8. The lowest BCUT2D eigenvalue weighted by Crippen LogP contribution is -2.14. The maximum absolute atomic E-state index is 13.7. The zero-order valence-corrected chi connectivity index (χ0v) is 14.1. The molecule has 0 saturated heterocycles. The van der Waals surface area contributed by atoms with Crippen LogP contribution in [-0.2, 0) is 16.6 Å². The van der Waals surface area contributed by atoms with Crippen LogP contribution in [0.2, 0.25) is 0 Å². The predicted octanol–water partition coefficient (Wildman–Crippen LogP) is 3.43. The van der Waals surface area contributed by atoms with E-state index in [1.165, 1.54) is 6.07 Å². The first-order valence-corrected chi connectivity index (χ1v) is 8.79. The number of anilines is 1. The van der Waals surface area contributed by atoms with Crippen LogP contribution in [0.5, 0.6) is 0 Å². The van der Waals surface area contributed by atoms with Gasteiger partial charge in [-0.2, -0.15) is 5.10 Å². The molecule has 1 N–H and O–H groups in total. The molecule has 0 amide bonds. The van der Waals surface area contributed by atoms with Crippen LogP contribution < -0.4 is 4.72 Å². The van der Waals surface area contributed by atoms with Crippen molar-refractivity contribution < 1.29 is 30.4 Å². The Morgan fingerprint density at radius 2 is 1.52 bits per heavy atom. The van der Waals surface area contributed by atoms with Crippen LogP contribution in [0.1, 0.15) is 5.56 Å².